The lowest BCUT2D eigenvalue weighted by Gasteiger charge is -2.38. The largest absolute Gasteiger partial charge is 0.444 e. The van der Waals surface area contributed by atoms with Crippen LogP contribution in [0.1, 0.15) is 27.2 Å². The maximum absolute atomic E-state index is 12.0. The Bertz CT molecular complexity index is 445. The summed E-state index contributed by atoms with van der Waals surface area (Å²) in [6.45, 7) is 5.68. The van der Waals surface area contributed by atoms with E-state index >= 15 is 0 Å². The summed E-state index contributed by atoms with van der Waals surface area (Å²) in [6, 6.07) is -1.23. The van der Waals surface area contributed by atoms with Gasteiger partial charge in [-0.3, -0.25) is 10.1 Å². The quantitative estimate of drug-likeness (QED) is 0.582. The van der Waals surface area contributed by atoms with Crippen molar-refractivity contribution >= 4 is 18.0 Å². The van der Waals surface area contributed by atoms with Crippen LogP contribution in [-0.2, 0) is 14.3 Å². The van der Waals surface area contributed by atoms with Crippen LogP contribution >= 0.6 is 0 Å². The fraction of sp³-hybridized carbons (Fsp3) is 0.750. The van der Waals surface area contributed by atoms with E-state index in [1.165, 1.54) is 0 Å². The first-order valence-corrected chi connectivity index (χ1v) is 6.44. The molecule has 2 fully saturated rings. The highest BCUT2D eigenvalue weighted by atomic mass is 16.6. The molecule has 1 spiro atoms. The Morgan fingerprint density at radius 1 is 1.45 bits per heavy atom. The third kappa shape index (κ3) is 2.84. The van der Waals surface area contributed by atoms with E-state index in [-0.39, 0.29) is 6.61 Å². The fourth-order valence-electron chi connectivity index (χ4n) is 2.29. The number of imide groups is 1. The average molecular weight is 285 g/mol. The van der Waals surface area contributed by atoms with Crippen molar-refractivity contribution in [1.29, 1.82) is 0 Å². The van der Waals surface area contributed by atoms with E-state index in [0.29, 0.717) is 13.0 Å². The molecular formula is C12H19N3O5. The number of alkyl carbamates (subject to hydrolysis) is 1. The first-order valence-electron chi connectivity index (χ1n) is 6.44. The zero-order valence-corrected chi connectivity index (χ0v) is 11.7. The number of ether oxygens (including phenoxy) is 2. The summed E-state index contributed by atoms with van der Waals surface area (Å²) in [4.78, 5) is 35.2. The lowest BCUT2D eigenvalue weighted by atomic mass is 9.85. The number of carbonyl (C=O) groups excluding carboxylic acids is 3. The summed E-state index contributed by atoms with van der Waals surface area (Å²) in [5.74, 6) is -0.452. The summed E-state index contributed by atoms with van der Waals surface area (Å²) in [5.41, 5.74) is -1.81. The Hall–Kier alpha value is -1.83. The molecule has 0 radical (unpaired) electrons. The number of hydrogen-bond donors (Lipinski definition) is 3. The van der Waals surface area contributed by atoms with E-state index in [0.717, 1.165) is 0 Å². The molecule has 2 aliphatic rings. The van der Waals surface area contributed by atoms with Crippen LogP contribution in [0, 0.1) is 0 Å². The van der Waals surface area contributed by atoms with Crippen molar-refractivity contribution < 1.29 is 23.9 Å². The van der Waals surface area contributed by atoms with Crippen LogP contribution in [-0.4, -0.2) is 48.4 Å². The maximum Gasteiger partial charge on any atom is 0.408 e. The highest BCUT2D eigenvalue weighted by Gasteiger charge is 2.54. The number of carbonyl (C=O) groups is 3. The minimum absolute atomic E-state index is 0.132. The van der Waals surface area contributed by atoms with E-state index in [1.54, 1.807) is 20.8 Å². The summed E-state index contributed by atoms with van der Waals surface area (Å²) in [7, 11) is 0. The molecule has 0 saturated carbocycles. The molecule has 0 bridgehead atoms. The molecule has 3 N–H and O–H groups in total. The minimum Gasteiger partial charge on any atom is -0.444 e. The molecule has 0 aromatic heterocycles. The molecule has 20 heavy (non-hydrogen) atoms. The van der Waals surface area contributed by atoms with Crippen LogP contribution in [0.2, 0.25) is 0 Å². The molecule has 0 aromatic rings. The first-order chi connectivity index (χ1) is 9.23. The zero-order chi connectivity index (χ0) is 15.0. The molecule has 2 unspecified atom stereocenters. The maximum atomic E-state index is 12.0. The predicted octanol–water partition coefficient (Wildman–Crippen LogP) is -0.122. The summed E-state index contributed by atoms with van der Waals surface area (Å²) in [5, 5.41) is 7.38. The SMILES string of the molecule is CC(C)(C)OC(=O)NC1COCCC12NC(=O)NC2=O. The van der Waals surface area contributed by atoms with Gasteiger partial charge in [0, 0.05) is 13.0 Å². The van der Waals surface area contributed by atoms with Gasteiger partial charge >= 0.3 is 12.1 Å². The van der Waals surface area contributed by atoms with E-state index < -0.39 is 35.2 Å². The van der Waals surface area contributed by atoms with Crippen LogP contribution in [0.15, 0.2) is 0 Å². The van der Waals surface area contributed by atoms with Gasteiger partial charge in [0.05, 0.1) is 12.6 Å². The van der Waals surface area contributed by atoms with Crippen LogP contribution in [0.25, 0.3) is 0 Å². The van der Waals surface area contributed by atoms with Crippen molar-refractivity contribution in [2.45, 2.75) is 44.4 Å². The molecule has 4 amide bonds. The number of amides is 4. The van der Waals surface area contributed by atoms with Crippen LogP contribution in [0.5, 0.6) is 0 Å². The van der Waals surface area contributed by atoms with Crippen molar-refractivity contribution in [3.8, 4) is 0 Å². The van der Waals surface area contributed by atoms with Gasteiger partial charge in [0.15, 0.2) is 0 Å². The highest BCUT2D eigenvalue weighted by Crippen LogP contribution is 2.25. The highest BCUT2D eigenvalue weighted by molar-refractivity contribution is 6.07. The van der Waals surface area contributed by atoms with Gasteiger partial charge in [0.25, 0.3) is 5.91 Å². The van der Waals surface area contributed by atoms with E-state index in [4.69, 9.17) is 9.47 Å². The standard InChI is InChI=1S/C12H19N3O5/c1-11(2,3)20-10(18)13-7-6-19-5-4-12(7)8(16)14-9(17)15-12/h7H,4-6H2,1-3H3,(H,13,18)(H2,14,15,16,17). The molecule has 0 aliphatic carbocycles. The number of urea groups is 1. The number of hydrogen-bond acceptors (Lipinski definition) is 5. The zero-order valence-electron chi connectivity index (χ0n) is 11.7. The third-order valence-corrected chi connectivity index (χ3v) is 3.18. The molecule has 8 nitrogen and oxygen atoms in total. The predicted molar refractivity (Wildman–Crippen MR) is 68.0 cm³/mol. The molecular weight excluding hydrogens is 266 g/mol. The third-order valence-electron chi connectivity index (χ3n) is 3.18. The summed E-state index contributed by atoms with van der Waals surface area (Å²) < 4.78 is 10.4. The second kappa shape index (κ2) is 4.93. The van der Waals surface area contributed by atoms with Gasteiger partial charge in [0.2, 0.25) is 0 Å². The van der Waals surface area contributed by atoms with Crippen molar-refractivity contribution in [3.05, 3.63) is 0 Å². The second-order valence-corrected chi connectivity index (χ2v) is 5.90. The van der Waals surface area contributed by atoms with E-state index in [2.05, 4.69) is 16.0 Å². The lowest BCUT2D eigenvalue weighted by molar-refractivity contribution is -0.129. The van der Waals surface area contributed by atoms with Gasteiger partial charge in [-0.15, -0.1) is 0 Å². The van der Waals surface area contributed by atoms with E-state index in [9.17, 15) is 14.4 Å². The first kappa shape index (κ1) is 14.6. The van der Waals surface area contributed by atoms with Crippen molar-refractivity contribution in [2.75, 3.05) is 13.2 Å². The second-order valence-electron chi connectivity index (χ2n) is 5.90. The van der Waals surface area contributed by atoms with Crippen molar-refractivity contribution in [2.24, 2.45) is 0 Å². The molecule has 2 heterocycles. The average Bonchev–Trinajstić information content (AvgIpc) is 2.55. The Labute approximate surface area is 116 Å². The van der Waals surface area contributed by atoms with Crippen molar-refractivity contribution in [3.63, 3.8) is 0 Å². The van der Waals surface area contributed by atoms with Gasteiger partial charge in [-0.1, -0.05) is 0 Å². The molecule has 8 heteroatoms. The fourth-order valence-corrected chi connectivity index (χ4v) is 2.29. The van der Waals surface area contributed by atoms with Gasteiger partial charge in [-0.25, -0.2) is 9.59 Å². The summed E-state index contributed by atoms with van der Waals surface area (Å²) >= 11 is 0. The van der Waals surface area contributed by atoms with Crippen LogP contribution in [0.3, 0.4) is 0 Å². The van der Waals surface area contributed by atoms with Crippen LogP contribution < -0.4 is 16.0 Å². The normalized spacial score (nSPS) is 29.9. The molecule has 2 atom stereocenters. The molecule has 2 aliphatic heterocycles. The van der Waals surface area contributed by atoms with Gasteiger partial charge < -0.3 is 20.1 Å². The molecule has 2 rings (SSSR count). The molecule has 2 saturated heterocycles. The van der Waals surface area contributed by atoms with Crippen molar-refractivity contribution in [1.82, 2.24) is 16.0 Å². The Morgan fingerprint density at radius 3 is 2.70 bits per heavy atom. The molecule has 0 aromatic carbocycles. The summed E-state index contributed by atoms with van der Waals surface area (Å²) in [6.07, 6.45) is -0.355. The number of nitrogens with one attached hydrogen (secondary N) is 3. The van der Waals surface area contributed by atoms with Gasteiger partial charge in [-0.2, -0.15) is 0 Å². The van der Waals surface area contributed by atoms with E-state index in [1.807, 2.05) is 0 Å². The monoisotopic (exact) mass is 285 g/mol. The Kier molecular flexibility index (Phi) is 3.59. The lowest BCUT2D eigenvalue weighted by Crippen LogP contribution is -2.66. The smallest absolute Gasteiger partial charge is 0.408 e. The Morgan fingerprint density at radius 2 is 2.15 bits per heavy atom. The molecule has 112 valence electrons. The Balaban J connectivity index is 2.10. The number of rotatable bonds is 1. The van der Waals surface area contributed by atoms with Crippen LogP contribution in [0.4, 0.5) is 9.59 Å². The van der Waals surface area contributed by atoms with Gasteiger partial charge in [-0.05, 0) is 20.8 Å². The van der Waals surface area contributed by atoms with Gasteiger partial charge in [0.1, 0.15) is 11.1 Å². The topological polar surface area (TPSA) is 106 Å². The minimum atomic E-state index is -1.16.